The molecule has 4 aromatic carbocycles. The van der Waals surface area contributed by atoms with Crippen LogP contribution in [0, 0.1) is 13.8 Å². The Hall–Kier alpha value is -3.85. The Balaban J connectivity index is 1.82. The third-order valence-electron chi connectivity index (χ3n) is 7.09. The van der Waals surface area contributed by atoms with Crippen LogP contribution in [0.5, 0.6) is 0 Å². The molecule has 0 aliphatic carbocycles. The molecule has 1 atom stereocenters. The van der Waals surface area contributed by atoms with Gasteiger partial charge in [-0.2, -0.15) is 0 Å². The van der Waals surface area contributed by atoms with Gasteiger partial charge in [-0.15, -0.1) is 0 Å². The van der Waals surface area contributed by atoms with Gasteiger partial charge in [0.25, 0.3) is 10.0 Å². The number of likely N-dealkylation sites (N-methyl/N-ethyl adjacent to an activating group) is 1. The van der Waals surface area contributed by atoms with Crippen LogP contribution in [-0.4, -0.2) is 44.8 Å². The molecule has 224 valence electrons. The molecule has 0 bridgehead atoms. The van der Waals surface area contributed by atoms with E-state index in [1.165, 1.54) is 30.1 Å². The molecule has 4 aromatic rings. The lowest BCUT2D eigenvalue weighted by molar-refractivity contribution is -0.139. The zero-order valence-electron chi connectivity index (χ0n) is 24.1. The normalized spacial score (nSPS) is 11.9. The first-order valence-corrected chi connectivity index (χ1v) is 15.8. The molecule has 0 aliphatic heterocycles. The summed E-state index contributed by atoms with van der Waals surface area (Å²) in [7, 11) is -2.72. The molecule has 0 spiro atoms. The maximum Gasteiger partial charge on any atom is 0.264 e. The molecular weight excluding hydrogens is 605 g/mol. The summed E-state index contributed by atoms with van der Waals surface area (Å²) in [6.07, 6.45) is 0.216. The van der Waals surface area contributed by atoms with E-state index in [1.54, 1.807) is 55.5 Å². The minimum atomic E-state index is -4.22. The van der Waals surface area contributed by atoms with Gasteiger partial charge in [0.1, 0.15) is 12.6 Å². The van der Waals surface area contributed by atoms with Crippen LogP contribution in [0.1, 0.15) is 22.3 Å². The first-order valence-electron chi connectivity index (χ1n) is 13.6. The zero-order chi connectivity index (χ0) is 31.1. The third-order valence-corrected chi connectivity index (χ3v) is 9.33. The van der Waals surface area contributed by atoms with E-state index >= 15 is 0 Å². The van der Waals surface area contributed by atoms with Crippen LogP contribution >= 0.6 is 23.2 Å². The maximum absolute atomic E-state index is 14.4. The molecular formula is C33H33Cl2N3O4S. The Morgan fingerprint density at radius 3 is 2.12 bits per heavy atom. The van der Waals surface area contributed by atoms with Crippen molar-refractivity contribution in [3.8, 4) is 0 Å². The van der Waals surface area contributed by atoms with Crippen molar-refractivity contribution in [3.05, 3.63) is 129 Å². The Kier molecular flexibility index (Phi) is 10.5. The lowest BCUT2D eigenvalue weighted by atomic mass is 10.0. The minimum absolute atomic E-state index is 0.0251. The van der Waals surface area contributed by atoms with Gasteiger partial charge in [-0.1, -0.05) is 89.4 Å². The predicted octanol–water partition coefficient (Wildman–Crippen LogP) is 6.19. The summed E-state index contributed by atoms with van der Waals surface area (Å²) in [5.74, 6) is -0.953. The highest BCUT2D eigenvalue weighted by molar-refractivity contribution is 7.92. The first kappa shape index (κ1) is 32.1. The number of amides is 2. The van der Waals surface area contributed by atoms with E-state index in [1.807, 2.05) is 37.3 Å². The number of hydrogen-bond acceptors (Lipinski definition) is 4. The molecule has 0 radical (unpaired) electrons. The number of carbonyl (C=O) groups excluding carboxylic acids is 2. The highest BCUT2D eigenvalue weighted by Crippen LogP contribution is 2.30. The molecule has 43 heavy (non-hydrogen) atoms. The number of aryl methyl sites for hydroxylation is 2. The molecule has 4 rings (SSSR count). The van der Waals surface area contributed by atoms with Crippen molar-refractivity contribution in [1.82, 2.24) is 10.2 Å². The molecule has 2 amide bonds. The van der Waals surface area contributed by atoms with Gasteiger partial charge < -0.3 is 10.2 Å². The summed E-state index contributed by atoms with van der Waals surface area (Å²) in [6, 6.07) is 26.7. The topological polar surface area (TPSA) is 86.8 Å². The van der Waals surface area contributed by atoms with Crippen molar-refractivity contribution >= 4 is 50.7 Å². The van der Waals surface area contributed by atoms with E-state index in [9.17, 15) is 18.0 Å². The van der Waals surface area contributed by atoms with Crippen LogP contribution in [0.2, 0.25) is 10.0 Å². The minimum Gasteiger partial charge on any atom is -0.357 e. The highest BCUT2D eigenvalue weighted by atomic mass is 35.5. The van der Waals surface area contributed by atoms with Crippen molar-refractivity contribution in [2.75, 3.05) is 17.9 Å². The largest absolute Gasteiger partial charge is 0.357 e. The van der Waals surface area contributed by atoms with Gasteiger partial charge >= 0.3 is 0 Å². The van der Waals surface area contributed by atoms with Gasteiger partial charge in [0, 0.05) is 30.1 Å². The summed E-state index contributed by atoms with van der Waals surface area (Å²) in [5, 5.41) is 3.47. The van der Waals surface area contributed by atoms with Crippen LogP contribution in [-0.2, 0) is 32.6 Å². The van der Waals surface area contributed by atoms with Gasteiger partial charge in [-0.3, -0.25) is 13.9 Å². The maximum atomic E-state index is 14.4. The van der Waals surface area contributed by atoms with Gasteiger partial charge in [-0.05, 0) is 66.9 Å². The fourth-order valence-corrected chi connectivity index (χ4v) is 6.60. The van der Waals surface area contributed by atoms with E-state index in [2.05, 4.69) is 5.32 Å². The fraction of sp³-hybridized carbons (Fsp3) is 0.212. The molecule has 0 saturated carbocycles. The highest BCUT2D eigenvalue weighted by Gasteiger charge is 2.35. The number of sulfonamides is 1. The van der Waals surface area contributed by atoms with Gasteiger partial charge in [0.15, 0.2) is 0 Å². The smallest absolute Gasteiger partial charge is 0.264 e. The Labute approximate surface area is 263 Å². The Bertz CT molecular complexity index is 1700. The Morgan fingerprint density at radius 1 is 0.814 bits per heavy atom. The van der Waals surface area contributed by atoms with E-state index < -0.39 is 28.5 Å². The van der Waals surface area contributed by atoms with Crippen LogP contribution in [0.15, 0.2) is 102 Å². The van der Waals surface area contributed by atoms with Crippen LogP contribution in [0.4, 0.5) is 5.69 Å². The summed E-state index contributed by atoms with van der Waals surface area (Å²) in [6.45, 7) is 3.07. The second-order valence-corrected chi connectivity index (χ2v) is 13.0. The van der Waals surface area contributed by atoms with Crippen molar-refractivity contribution in [1.29, 1.82) is 0 Å². The average Bonchev–Trinajstić information content (AvgIpc) is 2.99. The van der Waals surface area contributed by atoms with Crippen molar-refractivity contribution < 1.29 is 18.0 Å². The number of nitrogens with one attached hydrogen (secondary N) is 1. The molecule has 0 aliphatic rings. The van der Waals surface area contributed by atoms with Gasteiger partial charge in [0.05, 0.1) is 10.6 Å². The molecule has 0 saturated heterocycles. The van der Waals surface area contributed by atoms with Crippen LogP contribution in [0.3, 0.4) is 0 Å². The summed E-state index contributed by atoms with van der Waals surface area (Å²) >= 11 is 12.6. The number of carbonyl (C=O) groups is 2. The molecule has 10 heteroatoms. The number of hydrogen-bond donors (Lipinski definition) is 1. The fourth-order valence-electron chi connectivity index (χ4n) is 4.75. The SMILES string of the molecule is CNC(=O)[C@@H](Cc1ccccc1)N(Cc1cccc(Cl)c1)C(=O)CN(c1cc(Cl)ccc1C)S(=O)(=O)c1ccc(C)cc1. The number of benzene rings is 4. The zero-order valence-corrected chi connectivity index (χ0v) is 26.5. The summed E-state index contributed by atoms with van der Waals surface area (Å²) in [5.41, 5.74) is 3.30. The predicted molar refractivity (Wildman–Crippen MR) is 172 cm³/mol. The van der Waals surface area contributed by atoms with Crippen molar-refractivity contribution in [2.45, 2.75) is 37.8 Å². The van der Waals surface area contributed by atoms with Crippen molar-refractivity contribution in [3.63, 3.8) is 0 Å². The van der Waals surface area contributed by atoms with Gasteiger partial charge in [-0.25, -0.2) is 8.42 Å². The molecule has 1 N–H and O–H groups in total. The number of nitrogens with zero attached hydrogens (tertiary/aromatic N) is 2. The standard InChI is InChI=1S/C33H33Cl2N3O4S/c1-23-12-16-29(17-13-23)43(41,42)38(30-20-28(35)15-14-24(30)2)22-32(39)37(21-26-10-7-11-27(34)18-26)31(33(40)36-3)19-25-8-5-4-6-9-25/h4-18,20,31H,19,21-22H2,1-3H3,(H,36,40)/t31-/m1/s1. The lowest BCUT2D eigenvalue weighted by Gasteiger charge is -2.34. The monoisotopic (exact) mass is 637 g/mol. The number of anilines is 1. The second-order valence-electron chi connectivity index (χ2n) is 10.2. The number of halogens is 2. The van der Waals surface area contributed by atoms with E-state index in [0.29, 0.717) is 21.2 Å². The first-order chi connectivity index (χ1) is 20.5. The molecule has 0 aromatic heterocycles. The van der Waals surface area contributed by atoms with E-state index in [4.69, 9.17) is 23.2 Å². The summed E-state index contributed by atoms with van der Waals surface area (Å²) in [4.78, 5) is 29.2. The lowest BCUT2D eigenvalue weighted by Crippen LogP contribution is -2.53. The average molecular weight is 639 g/mol. The molecule has 7 nitrogen and oxygen atoms in total. The molecule has 0 fully saturated rings. The summed E-state index contributed by atoms with van der Waals surface area (Å²) < 4.78 is 29.3. The van der Waals surface area contributed by atoms with E-state index in [0.717, 1.165) is 15.4 Å². The van der Waals surface area contributed by atoms with Crippen LogP contribution < -0.4 is 9.62 Å². The quantitative estimate of drug-likeness (QED) is 0.212. The Morgan fingerprint density at radius 2 is 1.47 bits per heavy atom. The third kappa shape index (κ3) is 7.96. The molecule has 0 heterocycles. The number of rotatable bonds is 11. The van der Waals surface area contributed by atoms with Crippen molar-refractivity contribution in [2.24, 2.45) is 0 Å². The van der Waals surface area contributed by atoms with Gasteiger partial charge in [0.2, 0.25) is 11.8 Å². The molecule has 0 unspecified atom stereocenters. The van der Waals surface area contributed by atoms with Crippen LogP contribution in [0.25, 0.3) is 0 Å². The van der Waals surface area contributed by atoms with E-state index in [-0.39, 0.29) is 29.5 Å². The second kappa shape index (κ2) is 14.1.